The highest BCUT2D eigenvalue weighted by atomic mass is 35.5. The fraction of sp³-hybridized carbons (Fsp3) is 0.312. The zero-order chi connectivity index (χ0) is 16.2. The summed E-state index contributed by atoms with van der Waals surface area (Å²) in [4.78, 5) is 31.1. The number of anilines is 1. The molecule has 25 heavy (non-hydrogen) atoms. The highest BCUT2D eigenvalue weighted by Crippen LogP contribution is 2.25. The van der Waals surface area contributed by atoms with E-state index in [0.29, 0.717) is 16.1 Å². The molecule has 1 fully saturated rings. The van der Waals surface area contributed by atoms with E-state index in [-0.39, 0.29) is 42.7 Å². The Morgan fingerprint density at radius 1 is 1.28 bits per heavy atom. The maximum absolute atomic E-state index is 12.7. The Morgan fingerprint density at radius 3 is 2.64 bits per heavy atom. The summed E-state index contributed by atoms with van der Waals surface area (Å²) in [6, 6.07) is 5.24. The van der Waals surface area contributed by atoms with Crippen LogP contribution in [0.3, 0.4) is 0 Å². The number of hydrogen-bond donors (Lipinski definition) is 2. The zero-order valence-corrected chi connectivity index (χ0v) is 16.0. The van der Waals surface area contributed by atoms with Gasteiger partial charge in [0.25, 0.3) is 11.8 Å². The summed E-state index contributed by atoms with van der Waals surface area (Å²) in [5.74, 6) is -0.302. The number of thiophene rings is 1. The van der Waals surface area contributed by atoms with Gasteiger partial charge in [-0.1, -0.05) is 0 Å². The second kappa shape index (κ2) is 9.72. The average molecular weight is 403 g/mol. The van der Waals surface area contributed by atoms with Gasteiger partial charge >= 0.3 is 0 Å². The van der Waals surface area contributed by atoms with Crippen LogP contribution < -0.4 is 10.6 Å². The van der Waals surface area contributed by atoms with Crippen molar-refractivity contribution in [1.29, 1.82) is 0 Å². The number of nitrogens with one attached hydrogen (secondary N) is 2. The van der Waals surface area contributed by atoms with E-state index >= 15 is 0 Å². The molecule has 9 heteroatoms. The fourth-order valence-electron chi connectivity index (χ4n) is 2.57. The summed E-state index contributed by atoms with van der Waals surface area (Å²) in [5.41, 5.74) is 1.07. The Labute approximate surface area is 162 Å². The van der Waals surface area contributed by atoms with E-state index in [4.69, 9.17) is 0 Å². The minimum absolute atomic E-state index is 0. The topological polar surface area (TPSA) is 74.3 Å². The Morgan fingerprint density at radius 2 is 2.00 bits per heavy atom. The molecule has 0 aromatic carbocycles. The van der Waals surface area contributed by atoms with Crippen LogP contribution in [0, 0.1) is 0 Å². The number of carbonyl (C=O) groups excluding carboxylic acids is 2. The molecule has 2 aromatic heterocycles. The summed E-state index contributed by atoms with van der Waals surface area (Å²) in [5, 5.41) is 7.88. The van der Waals surface area contributed by atoms with E-state index < -0.39 is 0 Å². The molecule has 2 amide bonds. The van der Waals surface area contributed by atoms with Crippen molar-refractivity contribution in [2.45, 2.75) is 12.5 Å². The molecule has 0 aliphatic carbocycles. The lowest BCUT2D eigenvalue weighted by Gasteiger charge is -2.23. The molecule has 3 rings (SSSR count). The zero-order valence-electron chi connectivity index (χ0n) is 13.6. The number of hydrogen-bond acceptors (Lipinski definition) is 5. The normalized spacial score (nSPS) is 15.6. The van der Waals surface area contributed by atoms with Gasteiger partial charge in [0, 0.05) is 37.6 Å². The van der Waals surface area contributed by atoms with E-state index in [9.17, 15) is 9.59 Å². The van der Waals surface area contributed by atoms with Gasteiger partial charge in [0.05, 0.1) is 5.69 Å². The van der Waals surface area contributed by atoms with Gasteiger partial charge < -0.3 is 15.5 Å². The van der Waals surface area contributed by atoms with Crippen LogP contribution in [0.15, 0.2) is 36.0 Å². The van der Waals surface area contributed by atoms with Crippen LogP contribution in [0.25, 0.3) is 0 Å². The van der Waals surface area contributed by atoms with Crippen LogP contribution in [0.4, 0.5) is 5.69 Å². The Hall–Kier alpha value is -1.67. The second-order valence-electron chi connectivity index (χ2n) is 5.42. The molecule has 0 radical (unpaired) electrons. The molecule has 1 aliphatic heterocycles. The third kappa shape index (κ3) is 4.92. The third-order valence-corrected chi connectivity index (χ3v) is 4.85. The lowest BCUT2D eigenvalue weighted by atomic mass is 10.2. The van der Waals surface area contributed by atoms with Crippen LogP contribution in [0.2, 0.25) is 0 Å². The molecule has 0 spiro atoms. The molecule has 1 atom stereocenters. The van der Waals surface area contributed by atoms with Gasteiger partial charge in [-0.25, -0.2) is 0 Å². The number of aromatic nitrogens is 1. The Kier molecular flexibility index (Phi) is 8.31. The first-order valence-corrected chi connectivity index (χ1v) is 8.31. The van der Waals surface area contributed by atoms with Crippen molar-refractivity contribution in [3.63, 3.8) is 0 Å². The van der Waals surface area contributed by atoms with Crippen molar-refractivity contribution in [3.8, 4) is 0 Å². The molecular formula is C16H20Cl2N4O2S. The number of pyridine rings is 1. The number of likely N-dealkylation sites (N-methyl/N-ethyl adjacent to an activating group) is 1. The minimum atomic E-state index is -0.245. The molecule has 0 bridgehead atoms. The van der Waals surface area contributed by atoms with Crippen LogP contribution >= 0.6 is 36.2 Å². The maximum Gasteiger partial charge on any atom is 0.266 e. The molecule has 1 unspecified atom stereocenters. The fourth-order valence-corrected chi connectivity index (χ4v) is 3.40. The molecule has 136 valence electrons. The van der Waals surface area contributed by atoms with Gasteiger partial charge in [-0.05, 0) is 36.5 Å². The van der Waals surface area contributed by atoms with E-state index in [1.807, 2.05) is 12.4 Å². The van der Waals surface area contributed by atoms with E-state index in [1.165, 1.54) is 11.3 Å². The summed E-state index contributed by atoms with van der Waals surface area (Å²) >= 11 is 1.34. The molecule has 1 saturated heterocycles. The maximum atomic E-state index is 12.7. The first kappa shape index (κ1) is 21.4. The monoisotopic (exact) mass is 402 g/mol. The molecule has 6 nitrogen and oxygen atoms in total. The first-order valence-electron chi connectivity index (χ1n) is 7.43. The first-order chi connectivity index (χ1) is 11.2. The van der Waals surface area contributed by atoms with Crippen molar-refractivity contribution >= 4 is 53.7 Å². The predicted octanol–water partition coefficient (Wildman–Crippen LogP) is 2.67. The smallest absolute Gasteiger partial charge is 0.266 e. The molecule has 3 heterocycles. The highest BCUT2D eigenvalue weighted by Gasteiger charge is 2.26. The largest absolute Gasteiger partial charge is 0.337 e. The quantitative estimate of drug-likeness (QED) is 0.823. The summed E-state index contributed by atoms with van der Waals surface area (Å²) in [6.07, 6.45) is 4.08. The summed E-state index contributed by atoms with van der Waals surface area (Å²) in [6.45, 7) is 1.74. The van der Waals surface area contributed by atoms with Gasteiger partial charge in [0.2, 0.25) is 0 Å². The van der Waals surface area contributed by atoms with Gasteiger partial charge in [0.15, 0.2) is 0 Å². The van der Waals surface area contributed by atoms with Crippen LogP contribution in [0.1, 0.15) is 26.5 Å². The van der Waals surface area contributed by atoms with Gasteiger partial charge in [-0.15, -0.1) is 36.2 Å². The lowest BCUT2D eigenvalue weighted by Crippen LogP contribution is -2.38. The van der Waals surface area contributed by atoms with Gasteiger partial charge in [-0.3, -0.25) is 14.6 Å². The van der Waals surface area contributed by atoms with Crippen molar-refractivity contribution < 1.29 is 9.59 Å². The lowest BCUT2D eigenvalue weighted by molar-refractivity contribution is 0.0749. The number of nitrogens with zero attached hydrogens (tertiary/aromatic N) is 2. The average Bonchev–Trinajstić information content (AvgIpc) is 3.26. The van der Waals surface area contributed by atoms with Gasteiger partial charge in [0.1, 0.15) is 4.88 Å². The van der Waals surface area contributed by atoms with E-state index in [2.05, 4.69) is 15.6 Å². The minimum Gasteiger partial charge on any atom is -0.337 e. The number of amides is 2. The van der Waals surface area contributed by atoms with E-state index in [1.54, 1.807) is 35.5 Å². The number of rotatable bonds is 4. The van der Waals surface area contributed by atoms with Crippen molar-refractivity contribution in [3.05, 3.63) is 46.4 Å². The summed E-state index contributed by atoms with van der Waals surface area (Å²) < 4.78 is 0. The van der Waals surface area contributed by atoms with Crippen molar-refractivity contribution in [2.75, 3.05) is 25.5 Å². The predicted molar refractivity (Wildman–Crippen MR) is 104 cm³/mol. The Bertz CT molecular complexity index is 705. The standard InChI is InChI=1S/C16H18N4O2S.2ClH/c1-20(12-4-8-18-10-12)16(22)14-13(5-9-23-14)19-15(21)11-2-6-17-7-3-11;;/h2-3,5-7,9,12,18H,4,8,10H2,1H3,(H,19,21);2*1H. The SMILES string of the molecule is CN(C(=O)c1sccc1NC(=O)c1ccncc1)C1CCNC1.Cl.Cl. The molecule has 2 aromatic rings. The van der Waals surface area contributed by atoms with Gasteiger partial charge in [-0.2, -0.15) is 0 Å². The van der Waals surface area contributed by atoms with Crippen molar-refractivity contribution in [2.24, 2.45) is 0 Å². The molecule has 1 aliphatic rings. The molecular weight excluding hydrogens is 383 g/mol. The highest BCUT2D eigenvalue weighted by molar-refractivity contribution is 7.12. The van der Waals surface area contributed by atoms with Crippen LogP contribution in [-0.4, -0.2) is 47.9 Å². The molecule has 2 N–H and O–H groups in total. The number of halogens is 2. The van der Waals surface area contributed by atoms with Crippen LogP contribution in [-0.2, 0) is 0 Å². The number of carbonyl (C=O) groups is 2. The Balaban J connectivity index is 0.00000156. The van der Waals surface area contributed by atoms with Crippen LogP contribution in [0.5, 0.6) is 0 Å². The van der Waals surface area contributed by atoms with E-state index in [0.717, 1.165) is 19.5 Å². The molecule has 0 saturated carbocycles. The summed E-state index contributed by atoms with van der Waals surface area (Å²) in [7, 11) is 1.81. The van der Waals surface area contributed by atoms with Crippen molar-refractivity contribution in [1.82, 2.24) is 15.2 Å². The third-order valence-electron chi connectivity index (χ3n) is 3.95. The second-order valence-corrected chi connectivity index (χ2v) is 6.33.